The summed E-state index contributed by atoms with van der Waals surface area (Å²) in [6, 6.07) is 9.62. The van der Waals surface area contributed by atoms with E-state index in [1.165, 1.54) is 11.3 Å². The number of likely N-dealkylation sites (tertiary alicyclic amines) is 2. The van der Waals surface area contributed by atoms with Gasteiger partial charge in [0.25, 0.3) is 11.7 Å². The van der Waals surface area contributed by atoms with Crippen molar-refractivity contribution >= 4 is 34.9 Å². The highest BCUT2D eigenvalue weighted by Crippen LogP contribution is 2.43. The van der Waals surface area contributed by atoms with E-state index < -0.39 is 17.7 Å². The highest BCUT2D eigenvalue weighted by atomic mass is 32.1. The minimum Gasteiger partial charge on any atom is -0.507 e. The van der Waals surface area contributed by atoms with E-state index in [1.54, 1.807) is 41.0 Å². The number of carbonyl (C=O) groups excluding carboxylic acids is 3. The minimum atomic E-state index is -0.697. The summed E-state index contributed by atoms with van der Waals surface area (Å²) in [5.41, 5.74) is 0.532. The van der Waals surface area contributed by atoms with Crippen molar-refractivity contribution in [3.8, 4) is 5.75 Å². The Labute approximate surface area is 202 Å². The van der Waals surface area contributed by atoms with Gasteiger partial charge in [0, 0.05) is 29.6 Å². The normalized spacial score (nSPS) is 20.6. The summed E-state index contributed by atoms with van der Waals surface area (Å²) in [6.45, 7) is 5.33. The molecule has 0 radical (unpaired) electrons. The van der Waals surface area contributed by atoms with Gasteiger partial charge in [-0.3, -0.25) is 9.59 Å². The van der Waals surface area contributed by atoms with Crippen molar-refractivity contribution in [3.63, 3.8) is 0 Å². The average molecular weight is 485 g/mol. The zero-order chi connectivity index (χ0) is 24.2. The summed E-state index contributed by atoms with van der Waals surface area (Å²) >= 11 is 1.43. The molecule has 0 saturated carbocycles. The van der Waals surface area contributed by atoms with Crippen molar-refractivity contribution in [1.29, 1.82) is 0 Å². The van der Waals surface area contributed by atoms with E-state index in [0.29, 0.717) is 50.5 Å². The van der Waals surface area contributed by atoms with E-state index in [2.05, 4.69) is 0 Å². The van der Waals surface area contributed by atoms with E-state index in [1.807, 2.05) is 24.4 Å². The van der Waals surface area contributed by atoms with Gasteiger partial charge in [-0.1, -0.05) is 6.07 Å². The largest absolute Gasteiger partial charge is 0.507 e. The van der Waals surface area contributed by atoms with Crippen LogP contribution < -0.4 is 4.74 Å². The number of benzene rings is 1. The molecule has 1 N–H and O–H groups in total. The molecule has 0 bridgehead atoms. The van der Waals surface area contributed by atoms with Crippen molar-refractivity contribution in [2.45, 2.75) is 38.8 Å². The first-order valence-electron chi connectivity index (χ1n) is 11.4. The third-order valence-corrected chi connectivity index (χ3v) is 7.04. The number of aliphatic hydroxyl groups is 1. The van der Waals surface area contributed by atoms with E-state index in [4.69, 9.17) is 9.47 Å². The summed E-state index contributed by atoms with van der Waals surface area (Å²) < 4.78 is 10.5. The lowest BCUT2D eigenvalue weighted by Crippen LogP contribution is -2.48. The van der Waals surface area contributed by atoms with Gasteiger partial charge in [-0.05, 0) is 62.4 Å². The van der Waals surface area contributed by atoms with Gasteiger partial charge in [0.2, 0.25) is 0 Å². The first-order chi connectivity index (χ1) is 16.5. The molecule has 2 aliphatic rings. The molecule has 0 spiro atoms. The summed E-state index contributed by atoms with van der Waals surface area (Å²) in [4.78, 5) is 42.5. The highest BCUT2D eigenvalue weighted by Gasteiger charge is 2.49. The Kier molecular flexibility index (Phi) is 7.21. The van der Waals surface area contributed by atoms with Crippen molar-refractivity contribution in [3.05, 3.63) is 57.8 Å². The second-order valence-corrected chi connectivity index (χ2v) is 9.08. The van der Waals surface area contributed by atoms with E-state index in [9.17, 15) is 19.5 Å². The molecule has 2 amide bonds. The van der Waals surface area contributed by atoms with Crippen molar-refractivity contribution in [1.82, 2.24) is 9.80 Å². The number of thiophene rings is 1. The topological polar surface area (TPSA) is 96.4 Å². The Balaban J connectivity index is 1.66. The van der Waals surface area contributed by atoms with Crippen molar-refractivity contribution in [2.24, 2.45) is 0 Å². The number of Topliss-reactive ketones (excluding diaryl/α,β-unsaturated/α-hetero) is 1. The first-order valence-corrected chi connectivity index (χ1v) is 12.3. The van der Waals surface area contributed by atoms with Crippen LogP contribution in [0.2, 0.25) is 0 Å². The smallest absolute Gasteiger partial charge is 0.409 e. The molecule has 2 aromatic rings. The number of amides is 2. The monoisotopic (exact) mass is 484 g/mol. The van der Waals surface area contributed by atoms with Gasteiger partial charge in [0.1, 0.15) is 11.5 Å². The van der Waals surface area contributed by atoms with Gasteiger partial charge in [0.15, 0.2) is 0 Å². The number of rotatable bonds is 6. The molecular weight excluding hydrogens is 456 g/mol. The van der Waals surface area contributed by atoms with Crippen LogP contribution in [-0.2, 0) is 14.3 Å². The predicted molar refractivity (Wildman–Crippen MR) is 128 cm³/mol. The van der Waals surface area contributed by atoms with Gasteiger partial charge < -0.3 is 24.4 Å². The maximum Gasteiger partial charge on any atom is 0.409 e. The number of hydrogen-bond acceptors (Lipinski definition) is 7. The molecule has 9 heteroatoms. The minimum absolute atomic E-state index is 0.0874. The molecule has 180 valence electrons. The van der Waals surface area contributed by atoms with Gasteiger partial charge in [-0.25, -0.2) is 4.79 Å². The number of piperidine rings is 1. The molecule has 1 aromatic heterocycles. The van der Waals surface area contributed by atoms with Crippen LogP contribution >= 0.6 is 11.3 Å². The predicted octanol–water partition coefficient (Wildman–Crippen LogP) is 4.19. The fourth-order valence-corrected chi connectivity index (χ4v) is 5.36. The third-order valence-electron chi connectivity index (χ3n) is 6.12. The zero-order valence-corrected chi connectivity index (χ0v) is 20.0. The lowest BCUT2D eigenvalue weighted by atomic mass is 9.97. The molecule has 8 nitrogen and oxygen atoms in total. The molecule has 1 unspecified atom stereocenters. The zero-order valence-electron chi connectivity index (χ0n) is 19.2. The highest BCUT2D eigenvalue weighted by molar-refractivity contribution is 7.10. The molecule has 2 fully saturated rings. The standard InChI is InChI=1S/C25H28N2O6S/c1-3-32-18-9-7-16(8-10-18)22(28)20-21(19-6-5-15-34-19)27(24(30)23(20)29)17-11-13-26(14-12-17)25(31)33-4-2/h5-10,15,17,21,28H,3-4,11-14H2,1-2H3/b22-20-. The first kappa shape index (κ1) is 23.8. The summed E-state index contributed by atoms with van der Waals surface area (Å²) in [6.07, 6.45) is 0.682. The quantitative estimate of drug-likeness (QED) is 0.375. The summed E-state index contributed by atoms with van der Waals surface area (Å²) in [7, 11) is 0. The Morgan fingerprint density at radius 3 is 2.38 bits per heavy atom. The average Bonchev–Trinajstić information content (AvgIpc) is 3.47. The molecule has 2 saturated heterocycles. The molecule has 1 atom stereocenters. The van der Waals surface area contributed by atoms with Gasteiger partial charge in [-0.15, -0.1) is 11.3 Å². The van der Waals surface area contributed by atoms with Crippen LogP contribution in [0.1, 0.15) is 43.2 Å². The van der Waals surface area contributed by atoms with Crippen LogP contribution in [0, 0.1) is 0 Å². The van der Waals surface area contributed by atoms with E-state index in [0.717, 1.165) is 4.88 Å². The number of ether oxygens (including phenoxy) is 2. The third kappa shape index (κ3) is 4.52. The molecule has 0 aliphatic carbocycles. The number of carbonyl (C=O) groups is 3. The SMILES string of the molecule is CCOC(=O)N1CCC(N2C(=O)C(=O)/C(=C(\O)c3ccc(OCC)cc3)C2c2cccs2)CC1. The Hall–Kier alpha value is -3.33. The van der Waals surface area contributed by atoms with Crippen molar-refractivity contribution < 1.29 is 29.0 Å². The van der Waals surface area contributed by atoms with Gasteiger partial charge >= 0.3 is 6.09 Å². The molecule has 4 rings (SSSR count). The summed E-state index contributed by atoms with van der Waals surface area (Å²) in [5.74, 6) is -0.869. The van der Waals surface area contributed by atoms with Crippen LogP contribution in [0.3, 0.4) is 0 Å². The maximum atomic E-state index is 13.2. The lowest BCUT2D eigenvalue weighted by molar-refractivity contribution is -0.142. The Morgan fingerprint density at radius 2 is 1.79 bits per heavy atom. The number of ketones is 1. The molecular formula is C25H28N2O6S. The van der Waals surface area contributed by atoms with Gasteiger partial charge in [-0.2, -0.15) is 0 Å². The fourth-order valence-electron chi connectivity index (χ4n) is 4.53. The molecule has 2 aliphatic heterocycles. The van der Waals surface area contributed by atoms with Crippen LogP contribution in [0.4, 0.5) is 4.79 Å². The maximum absolute atomic E-state index is 13.2. The summed E-state index contributed by atoms with van der Waals surface area (Å²) in [5, 5.41) is 13.0. The Bertz CT molecular complexity index is 1070. The van der Waals surface area contributed by atoms with E-state index >= 15 is 0 Å². The Morgan fingerprint density at radius 1 is 1.09 bits per heavy atom. The van der Waals surface area contributed by atoms with Crippen LogP contribution in [0.5, 0.6) is 5.75 Å². The van der Waals surface area contributed by atoms with Crippen LogP contribution in [-0.4, -0.2) is 65.0 Å². The van der Waals surface area contributed by atoms with Gasteiger partial charge in [0.05, 0.1) is 24.8 Å². The number of nitrogens with zero attached hydrogens (tertiary/aromatic N) is 2. The second kappa shape index (κ2) is 10.3. The molecule has 34 heavy (non-hydrogen) atoms. The fraction of sp³-hybridized carbons (Fsp3) is 0.400. The van der Waals surface area contributed by atoms with Crippen LogP contribution in [0.15, 0.2) is 47.4 Å². The van der Waals surface area contributed by atoms with Crippen LogP contribution in [0.25, 0.3) is 5.76 Å². The number of aliphatic hydroxyl groups excluding tert-OH is 1. The number of hydrogen-bond donors (Lipinski definition) is 1. The molecule has 1 aromatic carbocycles. The molecule has 3 heterocycles. The van der Waals surface area contributed by atoms with E-state index in [-0.39, 0.29) is 23.5 Å². The lowest BCUT2D eigenvalue weighted by Gasteiger charge is -2.38. The van der Waals surface area contributed by atoms with Crippen molar-refractivity contribution in [2.75, 3.05) is 26.3 Å². The second-order valence-electron chi connectivity index (χ2n) is 8.10.